The molecule has 2 atom stereocenters. The molecule has 0 bridgehead atoms. The van der Waals surface area contributed by atoms with Crippen molar-refractivity contribution >= 4 is 28.7 Å². The second-order valence-electron chi connectivity index (χ2n) is 11.4. The number of hydrogen-bond donors (Lipinski definition) is 1. The molecule has 2 unspecified atom stereocenters. The standard InChI is InChI=1S/C35H36FN5O4/c1-45-35(44)41-32-22-38(24-37-19-18-25-14-16-29(36)17-15-25)34(43)31(20-28-12-7-11-27-10-5-6-13-30(27)28)40(32)33(42)23-39(41)21-26-8-3-2-4-9-26/h2-17,31-32,37H,18-24H2,1H3. The van der Waals surface area contributed by atoms with Crippen LogP contribution in [0.5, 0.6) is 0 Å². The van der Waals surface area contributed by atoms with Gasteiger partial charge in [-0.15, -0.1) is 0 Å². The smallest absolute Gasteiger partial charge is 0.426 e. The molecule has 2 aliphatic heterocycles. The molecule has 4 aromatic rings. The molecule has 1 N–H and O–H groups in total. The highest BCUT2D eigenvalue weighted by molar-refractivity contribution is 5.92. The van der Waals surface area contributed by atoms with E-state index in [1.165, 1.54) is 24.3 Å². The van der Waals surface area contributed by atoms with Gasteiger partial charge in [0.1, 0.15) is 18.0 Å². The summed E-state index contributed by atoms with van der Waals surface area (Å²) in [5.41, 5.74) is 2.85. The van der Waals surface area contributed by atoms with Crippen LogP contribution in [0.2, 0.25) is 0 Å². The third-order valence-corrected chi connectivity index (χ3v) is 8.50. The van der Waals surface area contributed by atoms with Crippen LogP contribution in [0.1, 0.15) is 16.7 Å². The van der Waals surface area contributed by atoms with E-state index in [1.54, 1.807) is 26.9 Å². The summed E-state index contributed by atoms with van der Waals surface area (Å²) in [7, 11) is 1.32. The molecule has 2 heterocycles. The largest absolute Gasteiger partial charge is 0.452 e. The Morgan fingerprint density at radius 3 is 2.42 bits per heavy atom. The van der Waals surface area contributed by atoms with Crippen LogP contribution in [0, 0.1) is 5.82 Å². The number of nitrogens with one attached hydrogen (secondary N) is 1. The minimum atomic E-state index is -0.827. The summed E-state index contributed by atoms with van der Waals surface area (Å²) in [6.07, 6.45) is -0.424. The summed E-state index contributed by atoms with van der Waals surface area (Å²) in [4.78, 5) is 44.8. The SMILES string of the molecule is COC(=O)N1C2CN(CNCCc3ccc(F)cc3)C(=O)C(Cc3cccc4ccccc34)N2C(=O)CN1Cc1ccccc1. The molecule has 0 saturated carbocycles. The summed E-state index contributed by atoms with van der Waals surface area (Å²) in [5, 5.41) is 8.59. The van der Waals surface area contributed by atoms with E-state index < -0.39 is 18.3 Å². The number of ether oxygens (including phenoxy) is 1. The van der Waals surface area contributed by atoms with E-state index in [-0.39, 0.29) is 37.4 Å². The fourth-order valence-corrected chi connectivity index (χ4v) is 6.31. The molecule has 4 aromatic carbocycles. The molecule has 0 aromatic heterocycles. The molecule has 3 amide bonds. The van der Waals surface area contributed by atoms with Gasteiger partial charge in [-0.2, -0.15) is 5.01 Å². The van der Waals surface area contributed by atoms with Crippen molar-refractivity contribution < 1.29 is 23.5 Å². The maximum atomic E-state index is 14.2. The Bertz CT molecular complexity index is 1660. The predicted octanol–water partition coefficient (Wildman–Crippen LogP) is 4.18. The van der Waals surface area contributed by atoms with Crippen molar-refractivity contribution in [2.75, 3.05) is 33.4 Å². The maximum absolute atomic E-state index is 14.2. The van der Waals surface area contributed by atoms with Crippen LogP contribution in [-0.4, -0.2) is 83.3 Å². The van der Waals surface area contributed by atoms with Crippen molar-refractivity contribution in [1.29, 1.82) is 0 Å². The molecule has 0 spiro atoms. The number of fused-ring (bicyclic) bond motifs is 2. The number of hydrogen-bond acceptors (Lipinski definition) is 6. The molecule has 2 fully saturated rings. The summed E-state index contributed by atoms with van der Waals surface area (Å²) >= 11 is 0. The lowest BCUT2D eigenvalue weighted by Crippen LogP contribution is -2.76. The summed E-state index contributed by atoms with van der Waals surface area (Å²) in [6, 6.07) is 29.1. The van der Waals surface area contributed by atoms with Gasteiger partial charge in [0.25, 0.3) is 0 Å². The lowest BCUT2D eigenvalue weighted by molar-refractivity contribution is -0.195. The van der Waals surface area contributed by atoms with E-state index in [4.69, 9.17) is 4.74 Å². The molecule has 6 rings (SSSR count). The van der Waals surface area contributed by atoms with Gasteiger partial charge in [-0.3, -0.25) is 14.9 Å². The van der Waals surface area contributed by atoms with Crippen molar-refractivity contribution in [2.45, 2.75) is 31.6 Å². The van der Waals surface area contributed by atoms with Crippen LogP contribution < -0.4 is 5.32 Å². The second-order valence-corrected chi connectivity index (χ2v) is 11.4. The predicted molar refractivity (Wildman–Crippen MR) is 168 cm³/mol. The minimum absolute atomic E-state index is 0.0737. The third-order valence-electron chi connectivity index (χ3n) is 8.50. The van der Waals surface area contributed by atoms with Gasteiger partial charge in [0.2, 0.25) is 11.8 Å². The van der Waals surface area contributed by atoms with Crippen LogP contribution >= 0.6 is 0 Å². The van der Waals surface area contributed by atoms with Crippen LogP contribution in [0.25, 0.3) is 10.8 Å². The molecular formula is C35H36FN5O4. The van der Waals surface area contributed by atoms with Gasteiger partial charge in [0, 0.05) is 19.5 Å². The highest BCUT2D eigenvalue weighted by atomic mass is 19.1. The molecule has 45 heavy (non-hydrogen) atoms. The van der Waals surface area contributed by atoms with Crippen molar-refractivity contribution in [1.82, 2.24) is 25.1 Å². The number of amides is 3. The normalized spacial score (nSPS) is 18.8. The van der Waals surface area contributed by atoms with Crippen molar-refractivity contribution in [3.8, 4) is 0 Å². The van der Waals surface area contributed by atoms with Crippen molar-refractivity contribution in [3.63, 3.8) is 0 Å². The van der Waals surface area contributed by atoms with Crippen LogP contribution in [0.3, 0.4) is 0 Å². The van der Waals surface area contributed by atoms with Crippen LogP contribution in [0.15, 0.2) is 97.1 Å². The van der Waals surface area contributed by atoms with E-state index >= 15 is 0 Å². The summed E-state index contributed by atoms with van der Waals surface area (Å²) in [5.74, 6) is -0.701. The fraction of sp³-hybridized carbons (Fsp3) is 0.286. The lowest BCUT2D eigenvalue weighted by Gasteiger charge is -2.54. The van der Waals surface area contributed by atoms with Gasteiger partial charge in [-0.1, -0.05) is 84.9 Å². The number of nitrogens with zero attached hydrogens (tertiary/aromatic N) is 4. The molecule has 0 radical (unpaired) electrons. The zero-order valence-corrected chi connectivity index (χ0v) is 25.1. The Morgan fingerprint density at radius 1 is 0.911 bits per heavy atom. The Kier molecular flexibility index (Phi) is 9.04. The molecular weight excluding hydrogens is 573 g/mol. The number of halogens is 1. The molecule has 0 aliphatic carbocycles. The zero-order chi connectivity index (χ0) is 31.3. The Morgan fingerprint density at radius 2 is 1.64 bits per heavy atom. The van der Waals surface area contributed by atoms with E-state index in [0.29, 0.717) is 25.9 Å². The number of hydrazine groups is 1. The first-order chi connectivity index (χ1) is 21.9. The first-order valence-corrected chi connectivity index (χ1v) is 15.1. The Hall–Kier alpha value is -4.80. The molecule has 2 aliphatic rings. The van der Waals surface area contributed by atoms with Gasteiger partial charge < -0.3 is 14.5 Å². The van der Waals surface area contributed by atoms with Gasteiger partial charge in [-0.25, -0.2) is 14.2 Å². The number of carbonyl (C=O) groups excluding carboxylic acids is 3. The quantitative estimate of drug-likeness (QED) is 0.287. The zero-order valence-electron chi connectivity index (χ0n) is 25.1. The molecule has 2 saturated heterocycles. The highest BCUT2D eigenvalue weighted by Gasteiger charge is 2.51. The Labute approximate surface area is 261 Å². The number of rotatable bonds is 9. The monoisotopic (exact) mass is 609 g/mol. The topological polar surface area (TPSA) is 85.4 Å². The Balaban J connectivity index is 1.30. The molecule has 10 heteroatoms. The molecule has 232 valence electrons. The van der Waals surface area contributed by atoms with Gasteiger partial charge in [-0.05, 0) is 46.0 Å². The maximum Gasteiger partial charge on any atom is 0.426 e. The van der Waals surface area contributed by atoms with E-state index in [0.717, 1.165) is 27.5 Å². The van der Waals surface area contributed by atoms with Gasteiger partial charge in [0.15, 0.2) is 0 Å². The third kappa shape index (κ3) is 6.52. The fourth-order valence-electron chi connectivity index (χ4n) is 6.31. The van der Waals surface area contributed by atoms with Gasteiger partial charge >= 0.3 is 6.09 Å². The van der Waals surface area contributed by atoms with E-state index in [9.17, 15) is 18.8 Å². The van der Waals surface area contributed by atoms with Crippen molar-refractivity contribution in [3.05, 3.63) is 120 Å². The summed E-state index contributed by atoms with van der Waals surface area (Å²) < 4.78 is 18.6. The number of methoxy groups -OCH3 is 1. The van der Waals surface area contributed by atoms with E-state index in [1.807, 2.05) is 72.8 Å². The number of piperazine rings is 1. The lowest BCUT2D eigenvalue weighted by atomic mass is 9.95. The van der Waals surface area contributed by atoms with Crippen LogP contribution in [-0.2, 0) is 33.7 Å². The number of benzene rings is 4. The number of carbonyl (C=O) groups is 3. The first kappa shape index (κ1) is 30.2. The highest BCUT2D eigenvalue weighted by Crippen LogP contribution is 2.31. The minimum Gasteiger partial charge on any atom is -0.452 e. The molecule has 9 nitrogen and oxygen atoms in total. The van der Waals surface area contributed by atoms with Crippen molar-refractivity contribution in [2.24, 2.45) is 0 Å². The summed E-state index contributed by atoms with van der Waals surface area (Å²) in [6.45, 7) is 1.13. The van der Waals surface area contributed by atoms with Gasteiger partial charge in [0.05, 0.1) is 26.9 Å². The first-order valence-electron chi connectivity index (χ1n) is 15.1. The van der Waals surface area contributed by atoms with Crippen LogP contribution in [0.4, 0.5) is 9.18 Å². The average Bonchev–Trinajstić information content (AvgIpc) is 3.06. The van der Waals surface area contributed by atoms with E-state index in [2.05, 4.69) is 5.32 Å². The second kappa shape index (κ2) is 13.5. The average molecular weight is 610 g/mol.